The van der Waals surface area contributed by atoms with E-state index >= 15 is 0 Å². The Morgan fingerprint density at radius 2 is 1.85 bits per heavy atom. The van der Waals surface area contributed by atoms with Crippen LogP contribution in [0.15, 0.2) is 0 Å². The minimum Gasteiger partial charge on any atom is -0.303 e. The van der Waals surface area contributed by atoms with Crippen LogP contribution in [0.1, 0.15) is 32.1 Å². The van der Waals surface area contributed by atoms with Crippen LogP contribution in [-0.4, -0.2) is 26.7 Å². The number of rotatable bonds is 4. The third-order valence-electron chi connectivity index (χ3n) is 2.82. The highest BCUT2D eigenvalue weighted by atomic mass is 32.2. The molecule has 0 atom stereocenters. The molecule has 1 fully saturated rings. The van der Waals surface area contributed by atoms with Crippen molar-refractivity contribution >= 4 is 16.1 Å². The minimum absolute atomic E-state index is 0.145. The van der Waals surface area contributed by atoms with Gasteiger partial charge in [-0.2, -0.15) is 0 Å². The molecule has 3 nitrogen and oxygen atoms in total. The van der Waals surface area contributed by atoms with E-state index in [1.165, 1.54) is 6.26 Å². The smallest absolute Gasteiger partial charge is 0.147 e. The lowest BCUT2D eigenvalue weighted by Crippen LogP contribution is -2.22. The van der Waals surface area contributed by atoms with Gasteiger partial charge in [0.2, 0.25) is 0 Å². The summed E-state index contributed by atoms with van der Waals surface area (Å²) in [5, 5.41) is 0. The third-order valence-corrected chi connectivity index (χ3v) is 3.77. The predicted molar refractivity (Wildman–Crippen MR) is 51.3 cm³/mol. The molecule has 13 heavy (non-hydrogen) atoms. The summed E-state index contributed by atoms with van der Waals surface area (Å²) in [6.07, 6.45) is 6.55. The van der Waals surface area contributed by atoms with Crippen LogP contribution >= 0.6 is 0 Å². The van der Waals surface area contributed by atoms with Crippen molar-refractivity contribution in [1.29, 1.82) is 0 Å². The highest BCUT2D eigenvalue weighted by molar-refractivity contribution is 7.90. The van der Waals surface area contributed by atoms with Crippen molar-refractivity contribution in [2.75, 3.05) is 12.0 Å². The lowest BCUT2D eigenvalue weighted by Gasteiger charge is -2.20. The Kier molecular flexibility index (Phi) is 3.11. The standard InChI is InChI=1S/C9H16O3S/c1-13(11,12)7-6-9(8-10)4-2-3-5-9/h8H,2-7H2,1H3. The van der Waals surface area contributed by atoms with Crippen LogP contribution in [0, 0.1) is 5.41 Å². The first-order chi connectivity index (χ1) is 5.97. The Morgan fingerprint density at radius 1 is 1.31 bits per heavy atom. The van der Waals surface area contributed by atoms with E-state index in [1.54, 1.807) is 0 Å². The normalized spacial score (nSPS) is 21.6. The second kappa shape index (κ2) is 3.78. The van der Waals surface area contributed by atoms with E-state index in [9.17, 15) is 13.2 Å². The number of aldehydes is 1. The lowest BCUT2D eigenvalue weighted by atomic mass is 9.85. The summed E-state index contributed by atoms with van der Waals surface area (Å²) in [7, 11) is -2.92. The third kappa shape index (κ3) is 3.10. The zero-order chi connectivity index (χ0) is 9.95. The average molecular weight is 204 g/mol. The van der Waals surface area contributed by atoms with Gasteiger partial charge in [0, 0.05) is 11.7 Å². The zero-order valence-corrected chi connectivity index (χ0v) is 8.77. The van der Waals surface area contributed by atoms with Crippen LogP contribution < -0.4 is 0 Å². The first kappa shape index (κ1) is 10.7. The lowest BCUT2D eigenvalue weighted by molar-refractivity contribution is -0.116. The van der Waals surface area contributed by atoms with Crippen molar-refractivity contribution in [3.05, 3.63) is 0 Å². The molecule has 0 aromatic heterocycles. The molecule has 0 saturated heterocycles. The van der Waals surface area contributed by atoms with E-state index in [0.29, 0.717) is 6.42 Å². The minimum atomic E-state index is -2.92. The van der Waals surface area contributed by atoms with Crippen molar-refractivity contribution in [3.63, 3.8) is 0 Å². The monoisotopic (exact) mass is 204 g/mol. The maximum atomic E-state index is 10.9. The Morgan fingerprint density at radius 3 is 2.23 bits per heavy atom. The van der Waals surface area contributed by atoms with Gasteiger partial charge in [-0.25, -0.2) is 8.42 Å². The molecule has 0 aliphatic heterocycles. The summed E-state index contributed by atoms with van der Waals surface area (Å²) in [4.78, 5) is 10.9. The molecule has 0 aromatic rings. The molecule has 0 spiro atoms. The summed E-state index contributed by atoms with van der Waals surface area (Å²) >= 11 is 0. The zero-order valence-electron chi connectivity index (χ0n) is 7.95. The summed E-state index contributed by atoms with van der Waals surface area (Å²) in [5.41, 5.74) is -0.316. The summed E-state index contributed by atoms with van der Waals surface area (Å²) in [6.45, 7) is 0. The van der Waals surface area contributed by atoms with Gasteiger partial charge in [0.25, 0.3) is 0 Å². The van der Waals surface area contributed by atoms with E-state index in [0.717, 1.165) is 32.0 Å². The summed E-state index contributed by atoms with van der Waals surface area (Å²) < 4.78 is 21.9. The number of hydrogen-bond donors (Lipinski definition) is 0. The molecule has 0 heterocycles. The highest BCUT2D eigenvalue weighted by Gasteiger charge is 2.33. The van der Waals surface area contributed by atoms with Gasteiger partial charge < -0.3 is 4.79 Å². The maximum absolute atomic E-state index is 10.9. The Hall–Kier alpha value is -0.380. The van der Waals surface area contributed by atoms with E-state index < -0.39 is 9.84 Å². The van der Waals surface area contributed by atoms with Crippen LogP contribution in [0.4, 0.5) is 0 Å². The van der Waals surface area contributed by atoms with Gasteiger partial charge in [-0.3, -0.25) is 0 Å². The molecule has 1 rings (SSSR count). The molecular weight excluding hydrogens is 188 g/mol. The van der Waals surface area contributed by atoms with Crippen molar-refractivity contribution in [2.45, 2.75) is 32.1 Å². The molecule has 0 radical (unpaired) electrons. The number of sulfone groups is 1. The first-order valence-electron chi connectivity index (χ1n) is 4.62. The molecule has 76 valence electrons. The molecule has 0 N–H and O–H groups in total. The van der Waals surface area contributed by atoms with Crippen molar-refractivity contribution in [1.82, 2.24) is 0 Å². The molecule has 1 saturated carbocycles. The second-order valence-corrected chi connectivity index (χ2v) is 6.33. The predicted octanol–water partition coefficient (Wildman–Crippen LogP) is 1.18. The molecule has 4 heteroatoms. The molecule has 0 bridgehead atoms. The molecule has 0 aromatic carbocycles. The number of carbonyl (C=O) groups excluding carboxylic acids is 1. The largest absolute Gasteiger partial charge is 0.303 e. The van der Waals surface area contributed by atoms with E-state index in [-0.39, 0.29) is 11.2 Å². The summed E-state index contributed by atoms with van der Waals surface area (Å²) in [5.74, 6) is 0.145. The second-order valence-electron chi connectivity index (χ2n) is 4.07. The Labute approximate surface area is 79.4 Å². The number of carbonyl (C=O) groups is 1. The van der Waals surface area contributed by atoms with Gasteiger partial charge in [0.05, 0.1) is 5.75 Å². The quantitative estimate of drug-likeness (QED) is 0.646. The fourth-order valence-electron chi connectivity index (χ4n) is 1.89. The van der Waals surface area contributed by atoms with Gasteiger partial charge in [-0.1, -0.05) is 12.8 Å². The van der Waals surface area contributed by atoms with Gasteiger partial charge >= 0.3 is 0 Å². The molecular formula is C9H16O3S. The maximum Gasteiger partial charge on any atom is 0.147 e. The fourth-order valence-corrected chi connectivity index (χ4v) is 2.67. The Balaban J connectivity index is 2.54. The SMILES string of the molecule is CS(=O)(=O)CCC1(C=O)CCCC1. The van der Waals surface area contributed by atoms with E-state index in [2.05, 4.69) is 0 Å². The van der Waals surface area contributed by atoms with Gasteiger partial charge in [-0.05, 0) is 19.3 Å². The number of hydrogen-bond acceptors (Lipinski definition) is 3. The van der Waals surface area contributed by atoms with Crippen LogP contribution in [0.5, 0.6) is 0 Å². The van der Waals surface area contributed by atoms with E-state index in [1.807, 2.05) is 0 Å². The van der Waals surface area contributed by atoms with Gasteiger partial charge in [0.1, 0.15) is 16.1 Å². The Bertz CT molecular complexity index is 273. The topological polar surface area (TPSA) is 51.2 Å². The van der Waals surface area contributed by atoms with Crippen LogP contribution in [-0.2, 0) is 14.6 Å². The molecule has 1 aliphatic rings. The van der Waals surface area contributed by atoms with Crippen molar-refractivity contribution in [2.24, 2.45) is 5.41 Å². The van der Waals surface area contributed by atoms with Crippen LogP contribution in [0.2, 0.25) is 0 Å². The van der Waals surface area contributed by atoms with Crippen LogP contribution in [0.25, 0.3) is 0 Å². The molecule has 1 aliphatic carbocycles. The van der Waals surface area contributed by atoms with Crippen molar-refractivity contribution in [3.8, 4) is 0 Å². The summed E-state index contributed by atoms with van der Waals surface area (Å²) in [6, 6.07) is 0. The fraction of sp³-hybridized carbons (Fsp3) is 0.889. The van der Waals surface area contributed by atoms with Gasteiger partial charge in [-0.15, -0.1) is 0 Å². The molecule has 0 amide bonds. The first-order valence-corrected chi connectivity index (χ1v) is 6.68. The van der Waals surface area contributed by atoms with Crippen molar-refractivity contribution < 1.29 is 13.2 Å². The molecule has 0 unspecified atom stereocenters. The average Bonchev–Trinajstić information content (AvgIpc) is 2.49. The van der Waals surface area contributed by atoms with Crippen LogP contribution in [0.3, 0.4) is 0 Å². The highest BCUT2D eigenvalue weighted by Crippen LogP contribution is 2.39. The van der Waals surface area contributed by atoms with E-state index in [4.69, 9.17) is 0 Å². The van der Waals surface area contributed by atoms with Gasteiger partial charge in [0.15, 0.2) is 0 Å².